The Morgan fingerprint density at radius 1 is 1.38 bits per heavy atom. The fraction of sp³-hybridized carbons (Fsp3) is 0.909. The molecule has 0 bridgehead atoms. The van der Waals surface area contributed by atoms with Gasteiger partial charge in [0.15, 0.2) is 0 Å². The summed E-state index contributed by atoms with van der Waals surface area (Å²) in [6.07, 6.45) is 1.51. The van der Waals surface area contributed by atoms with Crippen LogP contribution in [0.3, 0.4) is 0 Å². The van der Waals surface area contributed by atoms with Crippen LogP contribution in [0, 0.1) is 0 Å². The molecule has 2 unspecified atom stereocenters. The number of rotatable bonds is 1. The molecule has 1 heterocycles. The fourth-order valence-corrected chi connectivity index (χ4v) is 2.65. The predicted octanol–water partition coefficient (Wildman–Crippen LogP) is 1.73. The van der Waals surface area contributed by atoms with Crippen LogP contribution in [0.2, 0.25) is 0 Å². The largest absolute Gasteiger partial charge is 0.444 e. The molecule has 1 fully saturated rings. The van der Waals surface area contributed by atoms with E-state index < -0.39 is 5.60 Å². The van der Waals surface area contributed by atoms with E-state index in [1.807, 2.05) is 32.5 Å². The van der Waals surface area contributed by atoms with E-state index in [0.717, 1.165) is 24.3 Å². The lowest BCUT2D eigenvalue weighted by atomic mass is 10.0. The highest BCUT2D eigenvalue weighted by molar-refractivity contribution is 7.99. The first-order valence-corrected chi connectivity index (χ1v) is 6.87. The van der Waals surface area contributed by atoms with E-state index in [0.29, 0.717) is 0 Å². The van der Waals surface area contributed by atoms with Crippen molar-refractivity contribution in [1.29, 1.82) is 0 Å². The van der Waals surface area contributed by atoms with Gasteiger partial charge in [-0.05, 0) is 45.1 Å². The second-order valence-corrected chi connectivity index (χ2v) is 6.33. The molecule has 16 heavy (non-hydrogen) atoms. The van der Waals surface area contributed by atoms with Gasteiger partial charge in [-0.3, -0.25) is 0 Å². The lowest BCUT2D eigenvalue weighted by Crippen LogP contribution is -2.48. The maximum atomic E-state index is 11.6. The Labute approximate surface area is 102 Å². The van der Waals surface area contributed by atoms with Crippen LogP contribution in [0.25, 0.3) is 0 Å². The zero-order chi connectivity index (χ0) is 12.2. The van der Waals surface area contributed by atoms with Gasteiger partial charge in [-0.2, -0.15) is 11.8 Å². The second-order valence-electron chi connectivity index (χ2n) is 5.11. The number of nitrogens with one attached hydrogen (secondary N) is 1. The SMILES string of the molecule is CC(C)(C)OC(=O)NC1CCSCCC1N. The Balaban J connectivity index is 2.42. The van der Waals surface area contributed by atoms with Crippen molar-refractivity contribution in [3.63, 3.8) is 0 Å². The molecule has 1 aliphatic rings. The third-order valence-electron chi connectivity index (χ3n) is 2.39. The van der Waals surface area contributed by atoms with Crippen molar-refractivity contribution in [2.75, 3.05) is 11.5 Å². The van der Waals surface area contributed by atoms with Gasteiger partial charge in [0.2, 0.25) is 0 Å². The lowest BCUT2D eigenvalue weighted by Gasteiger charge is -2.25. The van der Waals surface area contributed by atoms with Crippen LogP contribution in [-0.4, -0.2) is 35.3 Å². The quantitative estimate of drug-likeness (QED) is 0.739. The Bertz CT molecular complexity index is 241. The van der Waals surface area contributed by atoms with E-state index >= 15 is 0 Å². The monoisotopic (exact) mass is 246 g/mol. The standard InChI is InChI=1S/C11H22N2O2S/c1-11(2,3)15-10(14)13-9-5-7-16-6-4-8(9)12/h8-9H,4-7,12H2,1-3H3,(H,13,14). The van der Waals surface area contributed by atoms with Gasteiger partial charge in [0.25, 0.3) is 0 Å². The summed E-state index contributed by atoms with van der Waals surface area (Å²) in [6.45, 7) is 5.57. The lowest BCUT2D eigenvalue weighted by molar-refractivity contribution is 0.0495. The van der Waals surface area contributed by atoms with Crippen molar-refractivity contribution in [2.24, 2.45) is 5.73 Å². The molecule has 2 atom stereocenters. The number of alkyl carbamates (subject to hydrolysis) is 1. The first kappa shape index (κ1) is 13.6. The number of ether oxygens (including phenoxy) is 1. The molecule has 0 aliphatic carbocycles. The molecule has 0 aromatic carbocycles. The minimum absolute atomic E-state index is 0.0440. The Morgan fingerprint density at radius 2 is 2.00 bits per heavy atom. The summed E-state index contributed by atoms with van der Waals surface area (Å²) in [6, 6.07) is 0.0902. The third kappa shape index (κ3) is 5.07. The van der Waals surface area contributed by atoms with Crippen LogP contribution in [-0.2, 0) is 4.74 Å². The van der Waals surface area contributed by atoms with Gasteiger partial charge in [0, 0.05) is 12.1 Å². The summed E-state index contributed by atoms with van der Waals surface area (Å²) in [5, 5.41) is 2.87. The molecule has 4 nitrogen and oxygen atoms in total. The van der Waals surface area contributed by atoms with Crippen LogP contribution in [0.5, 0.6) is 0 Å². The van der Waals surface area contributed by atoms with E-state index in [4.69, 9.17) is 10.5 Å². The minimum atomic E-state index is -0.451. The van der Waals surface area contributed by atoms with Crippen LogP contribution in [0.4, 0.5) is 4.79 Å². The van der Waals surface area contributed by atoms with Gasteiger partial charge in [0.1, 0.15) is 5.60 Å². The van der Waals surface area contributed by atoms with Gasteiger partial charge in [-0.15, -0.1) is 0 Å². The van der Waals surface area contributed by atoms with Crippen LogP contribution >= 0.6 is 11.8 Å². The highest BCUT2D eigenvalue weighted by Gasteiger charge is 2.24. The Morgan fingerprint density at radius 3 is 2.62 bits per heavy atom. The van der Waals surface area contributed by atoms with E-state index in [1.54, 1.807) is 0 Å². The normalized spacial score (nSPS) is 27.0. The van der Waals surface area contributed by atoms with Crippen LogP contribution < -0.4 is 11.1 Å². The van der Waals surface area contributed by atoms with Gasteiger partial charge >= 0.3 is 6.09 Å². The molecule has 5 heteroatoms. The van der Waals surface area contributed by atoms with E-state index in [1.165, 1.54) is 0 Å². The molecule has 0 aromatic rings. The van der Waals surface area contributed by atoms with Crippen molar-refractivity contribution in [1.82, 2.24) is 5.32 Å². The molecule has 0 aromatic heterocycles. The van der Waals surface area contributed by atoms with Crippen molar-refractivity contribution < 1.29 is 9.53 Å². The molecule has 0 radical (unpaired) electrons. The van der Waals surface area contributed by atoms with Gasteiger partial charge in [-0.25, -0.2) is 4.79 Å². The van der Waals surface area contributed by atoms with Crippen molar-refractivity contribution in [3.8, 4) is 0 Å². The van der Waals surface area contributed by atoms with Gasteiger partial charge in [-0.1, -0.05) is 0 Å². The molecule has 1 saturated heterocycles. The van der Waals surface area contributed by atoms with Crippen LogP contribution in [0.15, 0.2) is 0 Å². The molecular formula is C11H22N2O2S. The number of thioether (sulfide) groups is 1. The van der Waals surface area contributed by atoms with Gasteiger partial charge in [0.05, 0.1) is 0 Å². The van der Waals surface area contributed by atoms with Gasteiger partial charge < -0.3 is 15.8 Å². The number of carbonyl (C=O) groups excluding carboxylic acids is 1. The summed E-state index contributed by atoms with van der Waals surface area (Å²) in [4.78, 5) is 11.6. The van der Waals surface area contributed by atoms with Crippen molar-refractivity contribution in [2.45, 2.75) is 51.3 Å². The molecule has 0 saturated carbocycles. The molecule has 0 spiro atoms. The average molecular weight is 246 g/mol. The molecular weight excluding hydrogens is 224 g/mol. The van der Waals surface area contributed by atoms with E-state index in [-0.39, 0.29) is 18.2 Å². The summed E-state index contributed by atoms with van der Waals surface area (Å²) in [5.41, 5.74) is 5.56. The second kappa shape index (κ2) is 5.77. The summed E-state index contributed by atoms with van der Waals surface area (Å²) < 4.78 is 5.22. The maximum Gasteiger partial charge on any atom is 0.407 e. The number of amides is 1. The summed E-state index contributed by atoms with van der Waals surface area (Å²) in [7, 11) is 0. The third-order valence-corrected chi connectivity index (χ3v) is 3.44. The number of hydrogen-bond donors (Lipinski definition) is 2. The molecule has 94 valence electrons. The number of hydrogen-bond acceptors (Lipinski definition) is 4. The summed E-state index contributed by atoms with van der Waals surface area (Å²) in [5.74, 6) is 2.13. The zero-order valence-electron chi connectivity index (χ0n) is 10.3. The molecule has 1 rings (SSSR count). The van der Waals surface area contributed by atoms with E-state index in [9.17, 15) is 4.79 Å². The predicted molar refractivity (Wildman–Crippen MR) is 67.7 cm³/mol. The first-order valence-electron chi connectivity index (χ1n) is 5.71. The number of nitrogens with two attached hydrogens (primary N) is 1. The minimum Gasteiger partial charge on any atom is -0.444 e. The van der Waals surface area contributed by atoms with Crippen molar-refractivity contribution in [3.05, 3.63) is 0 Å². The zero-order valence-corrected chi connectivity index (χ0v) is 11.1. The average Bonchev–Trinajstić information content (AvgIpc) is 2.29. The number of carbonyl (C=O) groups is 1. The Kier molecular flexibility index (Phi) is 4.92. The molecule has 1 amide bonds. The highest BCUT2D eigenvalue weighted by Crippen LogP contribution is 2.17. The topological polar surface area (TPSA) is 64.3 Å². The summed E-state index contributed by atoms with van der Waals surface area (Å²) >= 11 is 1.89. The molecule has 1 aliphatic heterocycles. The van der Waals surface area contributed by atoms with Crippen molar-refractivity contribution >= 4 is 17.9 Å². The fourth-order valence-electron chi connectivity index (χ4n) is 1.59. The van der Waals surface area contributed by atoms with E-state index in [2.05, 4.69) is 5.32 Å². The Hall–Kier alpha value is -0.420. The smallest absolute Gasteiger partial charge is 0.407 e. The maximum absolute atomic E-state index is 11.6. The van der Waals surface area contributed by atoms with Crippen LogP contribution in [0.1, 0.15) is 33.6 Å². The first-order chi connectivity index (χ1) is 7.38. The highest BCUT2D eigenvalue weighted by atomic mass is 32.2. The molecule has 3 N–H and O–H groups in total.